The Morgan fingerprint density at radius 1 is 1.20 bits per heavy atom. The van der Waals surface area contributed by atoms with Gasteiger partial charge < -0.3 is 15.0 Å². The molecule has 0 spiro atoms. The van der Waals surface area contributed by atoms with Crippen LogP contribution in [-0.2, 0) is 11.3 Å². The van der Waals surface area contributed by atoms with Crippen molar-refractivity contribution in [2.75, 3.05) is 31.4 Å². The lowest BCUT2D eigenvalue weighted by Gasteiger charge is -2.33. The number of nitrogens with one attached hydrogen (secondary N) is 1. The van der Waals surface area contributed by atoms with Crippen molar-refractivity contribution >= 4 is 29.0 Å². The maximum absolute atomic E-state index is 13.0. The van der Waals surface area contributed by atoms with Crippen LogP contribution in [0.1, 0.15) is 18.4 Å². The summed E-state index contributed by atoms with van der Waals surface area (Å²) in [4.78, 5) is 21.1. The second-order valence-corrected chi connectivity index (χ2v) is 9.57. The van der Waals surface area contributed by atoms with Crippen LogP contribution in [-0.4, -0.2) is 47.0 Å². The van der Waals surface area contributed by atoms with Crippen molar-refractivity contribution in [3.8, 4) is 17.0 Å². The van der Waals surface area contributed by atoms with Crippen molar-refractivity contribution in [3.63, 3.8) is 0 Å². The Kier molecular flexibility index (Phi) is 6.90. The molecule has 5 rings (SSSR count). The molecule has 4 aromatic rings. The van der Waals surface area contributed by atoms with E-state index in [2.05, 4.69) is 51.8 Å². The average molecular weight is 488 g/mol. The number of hydrogen-bond acceptors (Lipinski definition) is 6. The third-order valence-electron chi connectivity index (χ3n) is 6.45. The Bertz CT molecular complexity index is 1320. The Labute approximate surface area is 209 Å². The number of thioether (sulfide) groups is 1. The number of fused-ring (bicyclic) bond motifs is 1. The van der Waals surface area contributed by atoms with Crippen molar-refractivity contribution in [1.82, 2.24) is 19.9 Å². The van der Waals surface area contributed by atoms with Gasteiger partial charge in [-0.1, -0.05) is 24.3 Å². The first-order valence-electron chi connectivity index (χ1n) is 11.8. The lowest BCUT2D eigenvalue weighted by molar-refractivity contribution is -0.125. The number of piperidine rings is 1. The molecule has 0 aliphatic carbocycles. The predicted molar refractivity (Wildman–Crippen MR) is 140 cm³/mol. The summed E-state index contributed by atoms with van der Waals surface area (Å²) < 4.78 is 7.23. The van der Waals surface area contributed by atoms with Gasteiger partial charge >= 0.3 is 0 Å². The largest absolute Gasteiger partial charge is 0.497 e. The minimum absolute atomic E-state index is 0.0722. The Morgan fingerprint density at radius 2 is 2.06 bits per heavy atom. The molecule has 1 fully saturated rings. The summed E-state index contributed by atoms with van der Waals surface area (Å²) in [7, 11) is 1.66. The highest BCUT2D eigenvalue weighted by molar-refractivity contribution is 7.98. The fourth-order valence-electron chi connectivity index (χ4n) is 4.54. The molecular formula is C27H29N5O2S. The van der Waals surface area contributed by atoms with Crippen LogP contribution in [0.4, 0.5) is 5.82 Å². The molecular weight excluding hydrogens is 458 g/mol. The van der Waals surface area contributed by atoms with Crippen LogP contribution < -0.4 is 15.0 Å². The van der Waals surface area contributed by atoms with E-state index >= 15 is 0 Å². The monoisotopic (exact) mass is 487 g/mol. The number of ether oxygens (including phenoxy) is 1. The summed E-state index contributed by atoms with van der Waals surface area (Å²) in [6.07, 6.45) is 7.52. The van der Waals surface area contributed by atoms with Gasteiger partial charge in [0.1, 0.15) is 11.3 Å². The fraction of sp³-hybridized carbons (Fsp3) is 0.296. The third kappa shape index (κ3) is 5.12. The highest BCUT2D eigenvalue weighted by Crippen LogP contribution is 2.29. The van der Waals surface area contributed by atoms with Crippen molar-refractivity contribution in [3.05, 3.63) is 72.6 Å². The van der Waals surface area contributed by atoms with E-state index < -0.39 is 0 Å². The molecule has 0 bridgehead atoms. The van der Waals surface area contributed by atoms with E-state index in [1.165, 1.54) is 4.90 Å². The molecule has 1 atom stereocenters. The minimum Gasteiger partial charge on any atom is -0.497 e. The maximum atomic E-state index is 13.0. The van der Waals surface area contributed by atoms with Crippen LogP contribution >= 0.6 is 11.8 Å². The molecule has 1 N–H and O–H groups in total. The van der Waals surface area contributed by atoms with Crippen LogP contribution in [0.15, 0.2) is 71.9 Å². The predicted octanol–water partition coefficient (Wildman–Crippen LogP) is 4.66. The number of rotatable bonds is 7. The molecule has 7 nitrogen and oxygen atoms in total. The molecule has 180 valence electrons. The molecule has 35 heavy (non-hydrogen) atoms. The molecule has 3 heterocycles. The number of nitrogens with zero attached hydrogens (tertiary/aromatic N) is 4. The number of aromatic nitrogens is 3. The average Bonchev–Trinajstić information content (AvgIpc) is 3.37. The first-order chi connectivity index (χ1) is 17.1. The molecule has 0 saturated carbocycles. The number of carbonyl (C=O) groups is 1. The highest BCUT2D eigenvalue weighted by Gasteiger charge is 2.27. The van der Waals surface area contributed by atoms with E-state index in [1.807, 2.05) is 35.0 Å². The Hall–Kier alpha value is -3.52. The minimum atomic E-state index is -0.0722. The van der Waals surface area contributed by atoms with E-state index in [1.54, 1.807) is 25.1 Å². The van der Waals surface area contributed by atoms with Gasteiger partial charge in [-0.15, -0.1) is 11.8 Å². The first kappa shape index (κ1) is 23.2. The zero-order valence-corrected chi connectivity index (χ0v) is 20.8. The van der Waals surface area contributed by atoms with Crippen molar-refractivity contribution in [2.24, 2.45) is 5.92 Å². The summed E-state index contributed by atoms with van der Waals surface area (Å²) >= 11 is 1.71. The quantitative estimate of drug-likeness (QED) is 0.382. The number of hydrogen-bond donors (Lipinski definition) is 1. The van der Waals surface area contributed by atoms with Gasteiger partial charge in [0.2, 0.25) is 5.91 Å². The van der Waals surface area contributed by atoms with Gasteiger partial charge in [0.15, 0.2) is 5.82 Å². The van der Waals surface area contributed by atoms with Gasteiger partial charge in [-0.2, -0.15) is 5.10 Å². The van der Waals surface area contributed by atoms with Crippen molar-refractivity contribution < 1.29 is 9.53 Å². The van der Waals surface area contributed by atoms with E-state index in [-0.39, 0.29) is 11.8 Å². The molecule has 1 aliphatic heterocycles. The zero-order valence-electron chi connectivity index (χ0n) is 20.0. The normalized spacial score (nSPS) is 15.8. The van der Waals surface area contributed by atoms with Crippen LogP contribution in [0.3, 0.4) is 0 Å². The fourth-order valence-corrected chi connectivity index (χ4v) is 4.94. The topological polar surface area (TPSA) is 71.8 Å². The second kappa shape index (κ2) is 10.4. The number of carbonyl (C=O) groups excluding carboxylic acids is 1. The Morgan fingerprint density at radius 3 is 2.86 bits per heavy atom. The lowest BCUT2D eigenvalue weighted by Crippen LogP contribution is -2.43. The van der Waals surface area contributed by atoms with Gasteiger partial charge in [0, 0.05) is 42.5 Å². The van der Waals surface area contributed by atoms with Crippen LogP contribution in [0.2, 0.25) is 0 Å². The zero-order chi connectivity index (χ0) is 24.2. The number of amides is 1. The molecule has 1 saturated heterocycles. The van der Waals surface area contributed by atoms with Crippen molar-refractivity contribution in [2.45, 2.75) is 24.3 Å². The molecule has 2 aromatic carbocycles. The van der Waals surface area contributed by atoms with Gasteiger partial charge in [-0.05, 0) is 55.0 Å². The standard InChI is InChI=1S/C27H29N5O2S/c1-34-22-7-3-5-20(15-22)24-16-25-26(28-12-14-32(25)30-24)31-13-4-6-21(18-31)27(33)29-17-19-8-10-23(35-2)11-9-19/h3,5,7-12,14-16,21H,4,6,13,17-18H2,1-2H3,(H,29,33)/t21-/m0/s1. The van der Waals surface area contributed by atoms with Crippen molar-refractivity contribution in [1.29, 1.82) is 0 Å². The van der Waals surface area contributed by atoms with Crippen LogP contribution in [0.25, 0.3) is 16.8 Å². The van der Waals surface area contributed by atoms with E-state index in [4.69, 9.17) is 9.84 Å². The molecule has 1 aliphatic rings. The summed E-state index contributed by atoms with van der Waals surface area (Å²) in [6, 6.07) is 18.3. The van der Waals surface area contributed by atoms with E-state index in [9.17, 15) is 4.79 Å². The first-order valence-corrected chi connectivity index (χ1v) is 13.0. The lowest BCUT2D eigenvalue weighted by atomic mass is 9.97. The molecule has 1 amide bonds. The summed E-state index contributed by atoms with van der Waals surface area (Å²) in [6.45, 7) is 2.06. The second-order valence-electron chi connectivity index (χ2n) is 8.69. The number of methoxy groups -OCH3 is 1. The SMILES string of the molecule is COc1cccc(-c2cc3c(N4CCC[C@H](C(=O)NCc5ccc(SC)cc5)C4)nccn3n2)c1. The number of anilines is 1. The molecule has 2 aromatic heterocycles. The molecule has 8 heteroatoms. The summed E-state index contributed by atoms with van der Waals surface area (Å²) in [5, 5.41) is 7.89. The maximum Gasteiger partial charge on any atom is 0.225 e. The molecule has 0 unspecified atom stereocenters. The summed E-state index contributed by atoms with van der Waals surface area (Å²) in [5.74, 6) is 1.68. The van der Waals surface area contributed by atoms with Gasteiger partial charge in [0.25, 0.3) is 0 Å². The third-order valence-corrected chi connectivity index (χ3v) is 7.20. The number of benzene rings is 2. The smallest absolute Gasteiger partial charge is 0.225 e. The van der Waals surface area contributed by atoms with Crippen LogP contribution in [0.5, 0.6) is 5.75 Å². The van der Waals surface area contributed by atoms with E-state index in [0.717, 1.165) is 53.3 Å². The molecule has 0 radical (unpaired) electrons. The van der Waals surface area contributed by atoms with Gasteiger partial charge in [0.05, 0.1) is 18.7 Å². The van der Waals surface area contributed by atoms with E-state index in [0.29, 0.717) is 13.1 Å². The Balaban J connectivity index is 1.31. The highest BCUT2D eigenvalue weighted by atomic mass is 32.2. The summed E-state index contributed by atoms with van der Waals surface area (Å²) in [5.41, 5.74) is 3.89. The van der Waals surface area contributed by atoms with Gasteiger partial charge in [-0.25, -0.2) is 9.50 Å². The van der Waals surface area contributed by atoms with Gasteiger partial charge in [-0.3, -0.25) is 4.79 Å². The van der Waals surface area contributed by atoms with Crippen LogP contribution in [0, 0.1) is 5.92 Å².